The first-order valence-electron chi connectivity index (χ1n) is 6.36. The molecule has 1 aromatic heterocycles. The van der Waals surface area contributed by atoms with Crippen LogP contribution in [0.2, 0.25) is 0 Å². The summed E-state index contributed by atoms with van der Waals surface area (Å²) in [6.07, 6.45) is -2.02. The van der Waals surface area contributed by atoms with E-state index in [2.05, 4.69) is 58.6 Å². The monoisotopic (exact) mass is 399 g/mol. The SMILES string of the molecule is CNc1nc(CCOCC(F)F)nc(C(C)(C)C)c1I. The van der Waals surface area contributed by atoms with Gasteiger partial charge in [0.05, 0.1) is 15.9 Å². The maximum Gasteiger partial charge on any atom is 0.261 e. The molecule has 1 N–H and O–H groups in total. The summed E-state index contributed by atoms with van der Waals surface area (Å²) < 4.78 is 29.8. The molecule has 0 saturated heterocycles. The summed E-state index contributed by atoms with van der Waals surface area (Å²) in [5.74, 6) is 1.36. The summed E-state index contributed by atoms with van der Waals surface area (Å²) in [6, 6.07) is 0. The largest absolute Gasteiger partial charge is 0.375 e. The van der Waals surface area contributed by atoms with Crippen molar-refractivity contribution in [2.75, 3.05) is 25.6 Å². The van der Waals surface area contributed by atoms with Crippen LogP contribution in [0.15, 0.2) is 0 Å². The first-order chi connectivity index (χ1) is 9.25. The second kappa shape index (κ2) is 7.44. The summed E-state index contributed by atoms with van der Waals surface area (Å²) >= 11 is 2.22. The number of alkyl halides is 2. The highest BCUT2D eigenvalue weighted by Crippen LogP contribution is 2.29. The maximum atomic E-state index is 12.0. The molecule has 0 spiro atoms. The van der Waals surface area contributed by atoms with Crippen molar-refractivity contribution in [1.82, 2.24) is 9.97 Å². The van der Waals surface area contributed by atoms with Gasteiger partial charge in [0.2, 0.25) is 0 Å². The second-order valence-electron chi connectivity index (χ2n) is 5.37. The summed E-state index contributed by atoms with van der Waals surface area (Å²) in [5.41, 5.74) is 0.838. The first kappa shape index (κ1) is 17.5. The molecule has 0 bridgehead atoms. The van der Waals surface area contributed by atoms with Crippen LogP contribution in [0.3, 0.4) is 0 Å². The number of nitrogens with one attached hydrogen (secondary N) is 1. The Morgan fingerprint density at radius 1 is 1.30 bits per heavy atom. The van der Waals surface area contributed by atoms with Crippen LogP contribution in [-0.4, -0.2) is 36.7 Å². The fraction of sp³-hybridized carbons (Fsp3) is 0.692. The average Bonchev–Trinajstić information content (AvgIpc) is 2.34. The van der Waals surface area contributed by atoms with Crippen LogP contribution < -0.4 is 5.32 Å². The Morgan fingerprint density at radius 3 is 2.45 bits per heavy atom. The van der Waals surface area contributed by atoms with Crippen LogP contribution in [-0.2, 0) is 16.6 Å². The van der Waals surface area contributed by atoms with Crippen molar-refractivity contribution in [1.29, 1.82) is 0 Å². The topological polar surface area (TPSA) is 47.0 Å². The van der Waals surface area contributed by atoms with Gasteiger partial charge in [-0.15, -0.1) is 0 Å². The van der Waals surface area contributed by atoms with E-state index in [1.807, 2.05) is 0 Å². The Morgan fingerprint density at radius 2 is 1.95 bits per heavy atom. The van der Waals surface area contributed by atoms with Gasteiger partial charge in [-0.1, -0.05) is 20.8 Å². The van der Waals surface area contributed by atoms with Gasteiger partial charge in [0.15, 0.2) is 0 Å². The van der Waals surface area contributed by atoms with Crippen molar-refractivity contribution >= 4 is 28.4 Å². The van der Waals surface area contributed by atoms with Gasteiger partial charge in [0, 0.05) is 18.9 Å². The number of hydrogen-bond acceptors (Lipinski definition) is 4. The molecule has 0 aliphatic rings. The van der Waals surface area contributed by atoms with Gasteiger partial charge in [0.1, 0.15) is 18.2 Å². The summed E-state index contributed by atoms with van der Waals surface area (Å²) in [7, 11) is 1.80. The van der Waals surface area contributed by atoms with Crippen LogP contribution in [0.4, 0.5) is 14.6 Å². The second-order valence-corrected chi connectivity index (χ2v) is 6.45. The molecule has 0 aliphatic heterocycles. The van der Waals surface area contributed by atoms with Crippen molar-refractivity contribution in [2.24, 2.45) is 0 Å². The fourth-order valence-corrected chi connectivity index (χ4v) is 2.92. The zero-order chi connectivity index (χ0) is 15.3. The zero-order valence-electron chi connectivity index (χ0n) is 12.1. The molecule has 0 amide bonds. The third-order valence-electron chi connectivity index (χ3n) is 2.56. The van der Waals surface area contributed by atoms with E-state index in [0.29, 0.717) is 12.2 Å². The minimum Gasteiger partial charge on any atom is -0.375 e. The molecule has 7 heteroatoms. The summed E-state index contributed by atoms with van der Waals surface area (Å²) in [6.45, 7) is 5.88. The third-order valence-corrected chi connectivity index (χ3v) is 3.58. The number of halogens is 3. The zero-order valence-corrected chi connectivity index (χ0v) is 14.3. The van der Waals surface area contributed by atoms with Gasteiger partial charge >= 0.3 is 0 Å². The molecule has 0 aliphatic carbocycles. The maximum absolute atomic E-state index is 12.0. The summed E-state index contributed by atoms with van der Waals surface area (Å²) in [4.78, 5) is 8.93. The molecule has 0 aromatic carbocycles. The van der Waals surface area contributed by atoms with E-state index in [4.69, 9.17) is 4.74 Å². The smallest absolute Gasteiger partial charge is 0.261 e. The Hall–Kier alpha value is -0.570. The van der Waals surface area contributed by atoms with E-state index in [1.54, 1.807) is 7.05 Å². The van der Waals surface area contributed by atoms with E-state index in [0.717, 1.165) is 15.1 Å². The molecule has 1 heterocycles. The Kier molecular flexibility index (Phi) is 6.50. The lowest BCUT2D eigenvalue weighted by Crippen LogP contribution is -2.20. The molecule has 0 unspecified atom stereocenters. The van der Waals surface area contributed by atoms with Crippen molar-refractivity contribution in [3.63, 3.8) is 0 Å². The molecule has 0 saturated carbocycles. The van der Waals surface area contributed by atoms with Crippen LogP contribution in [0, 0.1) is 3.57 Å². The third kappa shape index (κ3) is 5.08. The molecular formula is C13H20F2IN3O. The molecule has 1 rings (SSSR count). The first-order valence-corrected chi connectivity index (χ1v) is 7.44. The van der Waals surface area contributed by atoms with E-state index in [-0.39, 0.29) is 12.0 Å². The average molecular weight is 399 g/mol. The predicted octanol–water partition coefficient (Wildman–Crippen LogP) is 3.24. The minimum atomic E-state index is -2.44. The quantitative estimate of drug-likeness (QED) is 0.590. The van der Waals surface area contributed by atoms with Crippen LogP contribution in [0.25, 0.3) is 0 Å². The van der Waals surface area contributed by atoms with Gasteiger partial charge < -0.3 is 10.1 Å². The molecule has 1 aromatic rings. The Labute approximate surface area is 131 Å². The van der Waals surface area contributed by atoms with Crippen molar-refractivity contribution in [3.05, 3.63) is 15.1 Å². The number of ether oxygens (including phenoxy) is 1. The van der Waals surface area contributed by atoms with Gasteiger partial charge in [-0.2, -0.15) is 0 Å². The molecule has 20 heavy (non-hydrogen) atoms. The minimum absolute atomic E-state index is 0.107. The van der Waals surface area contributed by atoms with Crippen LogP contribution in [0.1, 0.15) is 32.3 Å². The number of aromatic nitrogens is 2. The molecule has 114 valence electrons. The standard InChI is InChI=1S/C13H20F2IN3O/c1-13(2,3)11-10(16)12(17-4)19-9(18-11)5-6-20-7-8(14)15/h8H,5-7H2,1-4H3,(H,17,18,19). The van der Waals surface area contributed by atoms with E-state index in [9.17, 15) is 8.78 Å². The lowest BCUT2D eigenvalue weighted by atomic mass is 9.92. The highest BCUT2D eigenvalue weighted by molar-refractivity contribution is 14.1. The highest BCUT2D eigenvalue weighted by atomic mass is 127. The molecular weight excluding hydrogens is 379 g/mol. The number of nitrogens with zero attached hydrogens (tertiary/aromatic N) is 2. The van der Waals surface area contributed by atoms with Crippen LogP contribution >= 0.6 is 22.6 Å². The number of hydrogen-bond donors (Lipinski definition) is 1. The normalized spacial score (nSPS) is 12.0. The lowest BCUT2D eigenvalue weighted by molar-refractivity contribution is 0.0182. The number of anilines is 1. The van der Waals surface area contributed by atoms with E-state index in [1.165, 1.54) is 0 Å². The van der Waals surface area contributed by atoms with E-state index < -0.39 is 13.0 Å². The van der Waals surface area contributed by atoms with E-state index >= 15 is 0 Å². The van der Waals surface area contributed by atoms with Gasteiger partial charge in [-0.3, -0.25) is 0 Å². The fourth-order valence-electron chi connectivity index (χ4n) is 1.60. The van der Waals surface area contributed by atoms with Gasteiger partial charge in [-0.05, 0) is 22.6 Å². The lowest BCUT2D eigenvalue weighted by Gasteiger charge is -2.21. The van der Waals surface area contributed by atoms with Gasteiger partial charge in [0.25, 0.3) is 6.43 Å². The van der Waals surface area contributed by atoms with Gasteiger partial charge in [-0.25, -0.2) is 18.7 Å². The Balaban J connectivity index is 2.87. The Bertz CT molecular complexity index is 450. The molecule has 4 nitrogen and oxygen atoms in total. The predicted molar refractivity (Wildman–Crippen MR) is 83.5 cm³/mol. The van der Waals surface area contributed by atoms with Crippen molar-refractivity contribution in [3.8, 4) is 0 Å². The van der Waals surface area contributed by atoms with Crippen molar-refractivity contribution < 1.29 is 13.5 Å². The highest BCUT2D eigenvalue weighted by Gasteiger charge is 2.22. The number of rotatable bonds is 6. The van der Waals surface area contributed by atoms with Crippen molar-refractivity contribution in [2.45, 2.75) is 39.0 Å². The molecule has 0 atom stereocenters. The summed E-state index contributed by atoms with van der Waals surface area (Å²) in [5, 5.41) is 3.04. The van der Waals surface area contributed by atoms with Crippen LogP contribution in [0.5, 0.6) is 0 Å². The molecule has 0 radical (unpaired) electrons. The molecule has 0 fully saturated rings.